The highest BCUT2D eigenvalue weighted by atomic mass is 32.1. The standard InChI is InChI=1S/C17H20F2N2OS/c1-10(16(22)15-13(18)6-3-7-14(15)19)20-8-12-9-21-17(23-12)11-4-2-5-11/h3,6-7,9-11,16,20,22H,2,4-5,8H2,1H3/t10-,16-/m0/s1. The molecule has 1 fully saturated rings. The van der Waals surface area contributed by atoms with Gasteiger partial charge in [-0.25, -0.2) is 13.8 Å². The minimum Gasteiger partial charge on any atom is -0.387 e. The van der Waals surface area contributed by atoms with Crippen LogP contribution in [0, 0.1) is 11.6 Å². The minimum atomic E-state index is -1.24. The quantitative estimate of drug-likeness (QED) is 0.840. The van der Waals surface area contributed by atoms with Gasteiger partial charge in [0.2, 0.25) is 0 Å². The van der Waals surface area contributed by atoms with Gasteiger partial charge in [0.05, 0.1) is 16.7 Å². The Morgan fingerprint density at radius 2 is 2.04 bits per heavy atom. The summed E-state index contributed by atoms with van der Waals surface area (Å²) in [4.78, 5) is 5.51. The topological polar surface area (TPSA) is 45.2 Å². The predicted molar refractivity (Wildman–Crippen MR) is 86.3 cm³/mol. The lowest BCUT2D eigenvalue weighted by Gasteiger charge is -2.22. The Balaban J connectivity index is 1.60. The minimum absolute atomic E-state index is 0.285. The number of aliphatic hydroxyl groups is 1. The van der Waals surface area contributed by atoms with Gasteiger partial charge in [0.25, 0.3) is 0 Å². The van der Waals surface area contributed by atoms with Crippen LogP contribution in [0.25, 0.3) is 0 Å². The smallest absolute Gasteiger partial charge is 0.132 e. The van der Waals surface area contributed by atoms with Crippen molar-refractivity contribution in [2.24, 2.45) is 0 Å². The van der Waals surface area contributed by atoms with Crippen LogP contribution in [0.15, 0.2) is 24.4 Å². The summed E-state index contributed by atoms with van der Waals surface area (Å²) in [5, 5.41) is 14.5. The fourth-order valence-corrected chi connectivity index (χ4v) is 3.70. The first kappa shape index (κ1) is 16.5. The first-order chi connectivity index (χ1) is 11.1. The fourth-order valence-electron chi connectivity index (χ4n) is 2.66. The van der Waals surface area contributed by atoms with E-state index in [2.05, 4.69) is 10.3 Å². The molecule has 1 aromatic heterocycles. The van der Waals surface area contributed by atoms with Gasteiger partial charge in [-0.05, 0) is 31.9 Å². The van der Waals surface area contributed by atoms with Gasteiger partial charge in [-0.15, -0.1) is 11.3 Å². The van der Waals surface area contributed by atoms with Crippen LogP contribution >= 0.6 is 11.3 Å². The molecule has 2 N–H and O–H groups in total. The number of thiazole rings is 1. The van der Waals surface area contributed by atoms with Crippen molar-refractivity contribution < 1.29 is 13.9 Å². The van der Waals surface area contributed by atoms with Crippen molar-refractivity contribution in [2.75, 3.05) is 0 Å². The third-order valence-electron chi connectivity index (χ3n) is 4.39. The maximum Gasteiger partial charge on any atom is 0.132 e. The molecule has 1 aromatic carbocycles. The van der Waals surface area contributed by atoms with Crippen LogP contribution in [-0.4, -0.2) is 16.1 Å². The molecular weight excluding hydrogens is 318 g/mol. The van der Waals surface area contributed by atoms with Crippen LogP contribution < -0.4 is 5.32 Å². The first-order valence-corrected chi connectivity index (χ1v) is 8.68. The molecule has 1 heterocycles. The third kappa shape index (κ3) is 3.59. The molecule has 2 atom stereocenters. The number of benzene rings is 1. The highest BCUT2D eigenvalue weighted by Gasteiger charge is 2.24. The summed E-state index contributed by atoms with van der Waals surface area (Å²) in [5.74, 6) is -0.850. The fraction of sp³-hybridized carbons (Fsp3) is 0.471. The Bertz CT molecular complexity index is 652. The number of halogens is 2. The molecular formula is C17H20F2N2OS. The Kier molecular flexibility index (Phi) is 5.04. The highest BCUT2D eigenvalue weighted by molar-refractivity contribution is 7.11. The Hall–Kier alpha value is -1.37. The molecule has 0 saturated heterocycles. The van der Waals surface area contributed by atoms with E-state index >= 15 is 0 Å². The Morgan fingerprint density at radius 3 is 2.65 bits per heavy atom. The normalized spacial score (nSPS) is 17.7. The maximum absolute atomic E-state index is 13.7. The SMILES string of the molecule is C[C@H](NCc1cnc(C2CCC2)s1)[C@H](O)c1c(F)cccc1F. The number of aromatic nitrogens is 1. The van der Waals surface area contributed by atoms with E-state index in [1.165, 1.54) is 30.3 Å². The molecule has 0 amide bonds. The van der Waals surface area contributed by atoms with E-state index in [9.17, 15) is 13.9 Å². The summed E-state index contributed by atoms with van der Waals surface area (Å²) in [5.41, 5.74) is -0.285. The molecule has 1 saturated carbocycles. The van der Waals surface area contributed by atoms with Gasteiger partial charge in [0.15, 0.2) is 0 Å². The van der Waals surface area contributed by atoms with Crippen molar-refractivity contribution in [1.82, 2.24) is 10.3 Å². The third-order valence-corrected chi connectivity index (χ3v) is 5.55. The van der Waals surface area contributed by atoms with Gasteiger partial charge in [0.1, 0.15) is 11.6 Å². The molecule has 6 heteroatoms. The molecule has 1 aliphatic carbocycles. The van der Waals surface area contributed by atoms with Crippen molar-refractivity contribution in [3.05, 3.63) is 51.5 Å². The van der Waals surface area contributed by atoms with Gasteiger partial charge >= 0.3 is 0 Å². The van der Waals surface area contributed by atoms with Crippen molar-refractivity contribution in [3.8, 4) is 0 Å². The van der Waals surface area contributed by atoms with Crippen molar-refractivity contribution in [2.45, 2.75) is 50.8 Å². The van der Waals surface area contributed by atoms with Crippen LogP contribution in [0.5, 0.6) is 0 Å². The lowest BCUT2D eigenvalue weighted by Crippen LogP contribution is -2.32. The van der Waals surface area contributed by atoms with Gasteiger partial charge < -0.3 is 10.4 Å². The average Bonchev–Trinajstić information content (AvgIpc) is 2.91. The molecule has 0 unspecified atom stereocenters. The van der Waals surface area contributed by atoms with Crippen LogP contribution in [0.2, 0.25) is 0 Å². The van der Waals surface area contributed by atoms with Crippen molar-refractivity contribution in [1.29, 1.82) is 0 Å². The molecule has 0 aliphatic heterocycles. The van der Waals surface area contributed by atoms with Crippen LogP contribution in [-0.2, 0) is 6.54 Å². The number of aliphatic hydroxyl groups excluding tert-OH is 1. The summed E-state index contributed by atoms with van der Waals surface area (Å²) < 4.78 is 27.5. The van der Waals surface area contributed by atoms with Crippen LogP contribution in [0.1, 0.15) is 53.7 Å². The van der Waals surface area contributed by atoms with Crippen molar-refractivity contribution >= 4 is 11.3 Å². The largest absolute Gasteiger partial charge is 0.387 e. The van der Waals surface area contributed by atoms with E-state index < -0.39 is 23.8 Å². The lowest BCUT2D eigenvalue weighted by atomic mass is 9.86. The molecule has 0 radical (unpaired) electrons. The van der Waals surface area contributed by atoms with E-state index in [-0.39, 0.29) is 5.56 Å². The Labute approximate surface area is 138 Å². The van der Waals surface area contributed by atoms with E-state index in [0.29, 0.717) is 12.5 Å². The lowest BCUT2D eigenvalue weighted by molar-refractivity contribution is 0.127. The Morgan fingerprint density at radius 1 is 1.35 bits per heavy atom. The van der Waals surface area contributed by atoms with Gasteiger partial charge in [-0.3, -0.25) is 0 Å². The average molecular weight is 338 g/mol. The molecule has 1 aliphatic rings. The van der Waals surface area contributed by atoms with Crippen molar-refractivity contribution in [3.63, 3.8) is 0 Å². The maximum atomic E-state index is 13.7. The number of nitrogens with one attached hydrogen (secondary N) is 1. The van der Waals surface area contributed by atoms with Crippen LogP contribution in [0.3, 0.4) is 0 Å². The number of rotatable bonds is 6. The number of hydrogen-bond acceptors (Lipinski definition) is 4. The van der Waals surface area contributed by atoms with Gasteiger partial charge in [-0.2, -0.15) is 0 Å². The summed E-state index contributed by atoms with van der Waals surface area (Å²) >= 11 is 1.67. The molecule has 23 heavy (non-hydrogen) atoms. The molecule has 2 aromatic rings. The zero-order chi connectivity index (χ0) is 16.4. The molecule has 124 valence electrons. The second-order valence-corrected chi connectivity index (χ2v) is 7.19. The zero-order valence-corrected chi connectivity index (χ0v) is 13.7. The predicted octanol–water partition coefficient (Wildman–Crippen LogP) is 3.90. The van der Waals surface area contributed by atoms with E-state index in [0.717, 1.165) is 17.0 Å². The molecule has 0 spiro atoms. The first-order valence-electron chi connectivity index (χ1n) is 7.86. The highest BCUT2D eigenvalue weighted by Crippen LogP contribution is 2.38. The monoisotopic (exact) mass is 338 g/mol. The molecule has 0 bridgehead atoms. The van der Waals surface area contributed by atoms with Gasteiger partial charge in [-0.1, -0.05) is 12.5 Å². The second-order valence-electron chi connectivity index (χ2n) is 6.04. The van der Waals surface area contributed by atoms with Gasteiger partial charge in [0, 0.05) is 29.6 Å². The summed E-state index contributed by atoms with van der Waals surface area (Å²) in [6, 6.07) is 3.12. The zero-order valence-electron chi connectivity index (χ0n) is 12.9. The summed E-state index contributed by atoms with van der Waals surface area (Å²) in [6.45, 7) is 2.24. The van der Waals surface area contributed by atoms with E-state index in [1.54, 1.807) is 18.3 Å². The van der Waals surface area contributed by atoms with E-state index in [1.807, 2.05) is 6.20 Å². The number of nitrogens with zero attached hydrogens (tertiary/aromatic N) is 1. The summed E-state index contributed by atoms with van der Waals surface area (Å²) in [7, 11) is 0. The molecule has 3 nitrogen and oxygen atoms in total. The van der Waals surface area contributed by atoms with Crippen LogP contribution in [0.4, 0.5) is 8.78 Å². The number of hydrogen-bond donors (Lipinski definition) is 2. The second kappa shape index (κ2) is 7.03. The molecule has 3 rings (SSSR count). The van der Waals surface area contributed by atoms with E-state index in [4.69, 9.17) is 0 Å². The summed E-state index contributed by atoms with van der Waals surface area (Å²) in [6.07, 6.45) is 4.29.